The third-order valence-electron chi connectivity index (χ3n) is 6.31. The number of hydrogen-bond donors (Lipinski definition) is 1. The monoisotopic (exact) mass is 530 g/mol. The van der Waals surface area contributed by atoms with Crippen molar-refractivity contribution in [3.63, 3.8) is 0 Å². The number of allylic oxidation sites excluding steroid dienone is 1. The number of fused-ring (bicyclic) bond motifs is 2. The van der Waals surface area contributed by atoms with Crippen LogP contribution < -0.4 is 14.8 Å². The van der Waals surface area contributed by atoms with E-state index in [1.54, 1.807) is 19.2 Å². The molecule has 1 aliphatic carbocycles. The normalized spacial score (nSPS) is 13.4. The van der Waals surface area contributed by atoms with Crippen LogP contribution in [0.3, 0.4) is 0 Å². The van der Waals surface area contributed by atoms with Gasteiger partial charge in [0.25, 0.3) is 5.91 Å². The SMILES string of the molecule is COc1ccc(/C=C2/CCc3c2nc2ccccc2c3C(=O)OCC(=O)Nc2ccccc2OC(F)F)cc1. The number of nitrogens with zero attached hydrogens (tertiary/aromatic N) is 1. The van der Waals surface area contributed by atoms with Gasteiger partial charge >= 0.3 is 12.6 Å². The summed E-state index contributed by atoms with van der Waals surface area (Å²) < 4.78 is 40.4. The van der Waals surface area contributed by atoms with Gasteiger partial charge in [0, 0.05) is 5.39 Å². The molecular weight excluding hydrogens is 506 g/mol. The minimum atomic E-state index is -3.05. The van der Waals surface area contributed by atoms with Crippen LogP contribution in [-0.4, -0.2) is 37.2 Å². The Kier molecular flexibility index (Phi) is 7.49. The van der Waals surface area contributed by atoms with E-state index in [0.29, 0.717) is 29.3 Å². The number of pyridine rings is 1. The van der Waals surface area contributed by atoms with E-state index in [9.17, 15) is 18.4 Å². The fraction of sp³-hybridized carbons (Fsp3) is 0.167. The summed E-state index contributed by atoms with van der Waals surface area (Å²) in [5.41, 5.74) is 4.49. The van der Waals surface area contributed by atoms with Crippen LogP contribution in [0, 0.1) is 0 Å². The highest BCUT2D eigenvalue weighted by Gasteiger charge is 2.28. The maximum Gasteiger partial charge on any atom is 0.387 e. The van der Waals surface area contributed by atoms with Crippen LogP contribution in [0.2, 0.25) is 0 Å². The summed E-state index contributed by atoms with van der Waals surface area (Å²) in [7, 11) is 1.61. The van der Waals surface area contributed by atoms with Crippen molar-refractivity contribution in [2.45, 2.75) is 19.5 Å². The predicted molar refractivity (Wildman–Crippen MR) is 143 cm³/mol. The van der Waals surface area contributed by atoms with Crippen molar-refractivity contribution < 1.29 is 32.6 Å². The Balaban J connectivity index is 1.39. The summed E-state index contributed by atoms with van der Waals surface area (Å²) in [6.45, 7) is -3.66. The number of esters is 1. The van der Waals surface area contributed by atoms with Gasteiger partial charge in [0.1, 0.15) is 11.5 Å². The highest BCUT2D eigenvalue weighted by molar-refractivity contribution is 6.08. The summed E-state index contributed by atoms with van der Waals surface area (Å²) in [5.74, 6) is -0.792. The Morgan fingerprint density at radius 3 is 2.51 bits per heavy atom. The molecule has 0 atom stereocenters. The number of aromatic nitrogens is 1. The molecule has 1 heterocycles. The molecule has 1 N–H and O–H groups in total. The zero-order valence-corrected chi connectivity index (χ0v) is 20.9. The number of alkyl halides is 2. The Bertz CT molecular complexity index is 1570. The summed E-state index contributed by atoms with van der Waals surface area (Å²) in [5, 5.41) is 3.08. The Hall–Kier alpha value is -4.79. The molecule has 0 spiro atoms. The van der Waals surface area contributed by atoms with Crippen LogP contribution in [-0.2, 0) is 16.0 Å². The smallest absolute Gasteiger partial charge is 0.387 e. The van der Waals surface area contributed by atoms with Gasteiger partial charge in [0.15, 0.2) is 6.61 Å². The first-order valence-electron chi connectivity index (χ1n) is 12.2. The third-order valence-corrected chi connectivity index (χ3v) is 6.31. The lowest BCUT2D eigenvalue weighted by Gasteiger charge is -2.13. The number of ether oxygens (including phenoxy) is 3. The molecular formula is C30H24F2N2O5. The lowest BCUT2D eigenvalue weighted by Crippen LogP contribution is -2.22. The first-order chi connectivity index (χ1) is 18.9. The molecule has 4 aromatic rings. The van der Waals surface area contributed by atoms with Crippen molar-refractivity contribution in [2.75, 3.05) is 19.0 Å². The van der Waals surface area contributed by atoms with Gasteiger partial charge < -0.3 is 19.5 Å². The second-order valence-corrected chi connectivity index (χ2v) is 8.77. The highest BCUT2D eigenvalue weighted by Crippen LogP contribution is 2.38. The fourth-order valence-electron chi connectivity index (χ4n) is 4.57. The number of benzene rings is 3. The predicted octanol–water partition coefficient (Wildman–Crippen LogP) is 6.13. The van der Waals surface area contributed by atoms with Crippen molar-refractivity contribution in [1.82, 2.24) is 4.98 Å². The van der Waals surface area contributed by atoms with E-state index in [0.717, 1.165) is 28.1 Å². The van der Waals surface area contributed by atoms with Crippen molar-refractivity contribution in [2.24, 2.45) is 0 Å². The molecule has 39 heavy (non-hydrogen) atoms. The van der Waals surface area contributed by atoms with Gasteiger partial charge in [-0.15, -0.1) is 0 Å². The molecule has 198 valence electrons. The second kappa shape index (κ2) is 11.3. The molecule has 7 nitrogen and oxygen atoms in total. The van der Waals surface area contributed by atoms with Crippen molar-refractivity contribution in [3.05, 3.63) is 95.2 Å². The molecule has 9 heteroatoms. The number of amides is 1. The largest absolute Gasteiger partial charge is 0.497 e. The number of carbonyl (C=O) groups is 2. The van der Waals surface area contributed by atoms with Crippen LogP contribution in [0.1, 0.15) is 33.6 Å². The molecule has 0 aliphatic heterocycles. The topological polar surface area (TPSA) is 86.8 Å². The quantitative estimate of drug-likeness (QED) is 0.276. The van der Waals surface area contributed by atoms with Crippen molar-refractivity contribution in [3.8, 4) is 11.5 Å². The summed E-state index contributed by atoms with van der Waals surface area (Å²) in [4.78, 5) is 30.7. The number of hydrogen-bond acceptors (Lipinski definition) is 6. The van der Waals surface area contributed by atoms with Gasteiger partial charge in [-0.25, -0.2) is 9.78 Å². The molecule has 1 aliphatic rings. The molecule has 0 fully saturated rings. The average Bonchev–Trinajstić information content (AvgIpc) is 3.33. The van der Waals surface area contributed by atoms with Gasteiger partial charge in [0.05, 0.1) is 29.6 Å². The van der Waals surface area contributed by atoms with Crippen LogP contribution >= 0.6 is 0 Å². The van der Waals surface area contributed by atoms with E-state index in [1.165, 1.54) is 18.2 Å². The van der Waals surface area contributed by atoms with E-state index < -0.39 is 25.1 Å². The Labute approximate surface area is 223 Å². The molecule has 1 aromatic heterocycles. The Morgan fingerprint density at radius 1 is 1.00 bits per heavy atom. The minimum Gasteiger partial charge on any atom is -0.497 e. The first-order valence-corrected chi connectivity index (χ1v) is 12.2. The van der Waals surface area contributed by atoms with Crippen molar-refractivity contribution in [1.29, 1.82) is 0 Å². The molecule has 3 aromatic carbocycles. The number of anilines is 1. The minimum absolute atomic E-state index is 0.0439. The van der Waals surface area contributed by atoms with Crippen LogP contribution in [0.4, 0.5) is 14.5 Å². The number of para-hydroxylation sites is 3. The van der Waals surface area contributed by atoms with Crippen molar-refractivity contribution >= 4 is 40.1 Å². The number of rotatable bonds is 8. The zero-order valence-electron chi connectivity index (χ0n) is 20.9. The molecule has 0 radical (unpaired) electrons. The molecule has 0 bridgehead atoms. The first kappa shape index (κ1) is 25.8. The van der Waals surface area contributed by atoms with E-state index in [1.807, 2.05) is 48.5 Å². The second-order valence-electron chi connectivity index (χ2n) is 8.77. The van der Waals surface area contributed by atoms with Gasteiger partial charge in [0.2, 0.25) is 0 Å². The summed E-state index contributed by atoms with van der Waals surface area (Å²) in [6, 6.07) is 20.7. The molecule has 0 saturated heterocycles. The Morgan fingerprint density at radius 2 is 1.74 bits per heavy atom. The van der Waals surface area contributed by atoms with E-state index >= 15 is 0 Å². The highest BCUT2D eigenvalue weighted by atomic mass is 19.3. The van der Waals surface area contributed by atoms with Gasteiger partial charge in [-0.3, -0.25) is 4.79 Å². The molecule has 5 rings (SSSR count). The van der Waals surface area contributed by atoms with Gasteiger partial charge in [-0.1, -0.05) is 42.5 Å². The summed E-state index contributed by atoms with van der Waals surface area (Å²) in [6.07, 6.45) is 3.31. The lowest BCUT2D eigenvalue weighted by molar-refractivity contribution is -0.119. The van der Waals surface area contributed by atoms with Gasteiger partial charge in [-0.05, 0) is 65.9 Å². The number of methoxy groups -OCH3 is 1. The van der Waals surface area contributed by atoms with E-state index in [-0.39, 0.29) is 11.4 Å². The van der Waals surface area contributed by atoms with Crippen LogP contribution in [0.5, 0.6) is 11.5 Å². The maximum atomic E-state index is 13.3. The van der Waals surface area contributed by atoms with Gasteiger partial charge in [-0.2, -0.15) is 8.78 Å². The van der Waals surface area contributed by atoms with Crippen LogP contribution in [0.25, 0.3) is 22.6 Å². The summed E-state index contributed by atoms with van der Waals surface area (Å²) >= 11 is 0. The standard InChI is InChI=1S/C30H24F2N2O5/c1-37-20-13-10-18(11-14-20)16-19-12-15-22-27(21-6-2-3-7-23(21)34-28(19)22)29(36)38-17-26(35)33-24-8-4-5-9-25(24)39-30(31)32/h2-11,13-14,16,30H,12,15,17H2,1H3,(H,33,35)/b19-16-. The molecule has 0 saturated carbocycles. The number of halogens is 2. The molecule has 0 unspecified atom stereocenters. The third kappa shape index (κ3) is 5.72. The average molecular weight is 531 g/mol. The van der Waals surface area contributed by atoms with E-state index in [2.05, 4.69) is 10.1 Å². The van der Waals surface area contributed by atoms with E-state index in [4.69, 9.17) is 14.5 Å². The number of carbonyl (C=O) groups excluding carboxylic acids is 2. The molecule has 1 amide bonds. The fourth-order valence-corrected chi connectivity index (χ4v) is 4.57. The zero-order chi connectivity index (χ0) is 27.4. The number of nitrogens with one attached hydrogen (secondary N) is 1. The lowest BCUT2D eigenvalue weighted by atomic mass is 10.0. The van der Waals surface area contributed by atoms with Crippen LogP contribution in [0.15, 0.2) is 72.8 Å². The maximum absolute atomic E-state index is 13.3.